The molecule has 0 fully saturated rings. The summed E-state index contributed by atoms with van der Waals surface area (Å²) in [5, 5.41) is 3.04. The number of aromatic nitrogens is 3. The first kappa shape index (κ1) is 6.03. The molecule has 2 aromatic heterocycles. The predicted molar refractivity (Wildman–Crippen MR) is 42.7 cm³/mol. The fourth-order valence-electron chi connectivity index (χ4n) is 0.869. The zero-order valence-electron chi connectivity index (χ0n) is 5.83. The van der Waals surface area contributed by atoms with Gasteiger partial charge in [-0.25, -0.2) is 4.98 Å². The summed E-state index contributed by atoms with van der Waals surface area (Å²) in [6.45, 7) is 0. The minimum Gasteiger partial charge on any atom is -0.348 e. The molecule has 2 heterocycles. The van der Waals surface area contributed by atoms with Crippen LogP contribution in [0.15, 0.2) is 30.7 Å². The van der Waals surface area contributed by atoms with Crippen molar-refractivity contribution in [3.05, 3.63) is 30.7 Å². The molecule has 0 unspecified atom stereocenters. The van der Waals surface area contributed by atoms with E-state index in [1.54, 1.807) is 12.4 Å². The molecule has 0 saturated carbocycles. The Hall–Kier alpha value is -1.71. The molecule has 0 spiro atoms. The molecular formula is C7H8N4. The maximum Gasteiger partial charge on any atom is 0.205 e. The number of hydrogen-bond acceptors (Lipinski definition) is 2. The van der Waals surface area contributed by atoms with Crippen molar-refractivity contribution in [2.24, 2.45) is 0 Å². The van der Waals surface area contributed by atoms with Gasteiger partial charge in [-0.3, -0.25) is 0 Å². The lowest BCUT2D eigenvalue weighted by molar-refractivity contribution is 1.26. The lowest BCUT2D eigenvalue weighted by atomic mass is 10.6. The van der Waals surface area contributed by atoms with Crippen LogP contribution in [-0.2, 0) is 0 Å². The molecule has 0 aliphatic carbocycles. The highest BCUT2D eigenvalue weighted by Crippen LogP contribution is 2.07. The molecule has 4 nitrogen and oxygen atoms in total. The highest BCUT2D eigenvalue weighted by molar-refractivity contribution is 5.46. The van der Waals surface area contributed by atoms with Gasteiger partial charge in [-0.2, -0.15) is 0 Å². The van der Waals surface area contributed by atoms with Gasteiger partial charge in [0, 0.05) is 18.6 Å². The van der Waals surface area contributed by atoms with Crippen molar-refractivity contribution in [2.45, 2.75) is 0 Å². The molecule has 4 heteroatoms. The predicted octanol–water partition coefficient (Wildman–Crippen LogP) is 1.48. The maximum absolute atomic E-state index is 4.00. The SMILES string of the molecule is c1c[nH]c(Nc2ncc[nH]2)c1. The Morgan fingerprint density at radius 1 is 1.27 bits per heavy atom. The number of imidazole rings is 1. The second-order valence-corrected chi connectivity index (χ2v) is 2.15. The summed E-state index contributed by atoms with van der Waals surface area (Å²) in [7, 11) is 0. The third kappa shape index (κ3) is 1.24. The van der Waals surface area contributed by atoms with E-state index >= 15 is 0 Å². The van der Waals surface area contributed by atoms with Crippen LogP contribution in [0.2, 0.25) is 0 Å². The molecule has 0 aliphatic heterocycles. The first-order chi connectivity index (χ1) is 5.45. The van der Waals surface area contributed by atoms with Gasteiger partial charge in [-0.15, -0.1) is 0 Å². The zero-order valence-corrected chi connectivity index (χ0v) is 5.83. The van der Waals surface area contributed by atoms with E-state index in [0.29, 0.717) is 0 Å². The highest BCUT2D eigenvalue weighted by atomic mass is 15.1. The van der Waals surface area contributed by atoms with E-state index in [2.05, 4.69) is 20.3 Å². The molecule has 3 N–H and O–H groups in total. The lowest BCUT2D eigenvalue weighted by Gasteiger charge is -1.96. The van der Waals surface area contributed by atoms with E-state index in [1.807, 2.05) is 18.3 Å². The van der Waals surface area contributed by atoms with Crippen molar-refractivity contribution in [1.29, 1.82) is 0 Å². The molecule has 11 heavy (non-hydrogen) atoms. The number of H-pyrrole nitrogens is 2. The van der Waals surface area contributed by atoms with E-state index < -0.39 is 0 Å². The quantitative estimate of drug-likeness (QED) is 0.604. The fraction of sp³-hybridized carbons (Fsp3) is 0. The summed E-state index contributed by atoms with van der Waals surface area (Å²) in [6.07, 6.45) is 5.32. The maximum atomic E-state index is 4.00. The van der Waals surface area contributed by atoms with Crippen molar-refractivity contribution in [3.63, 3.8) is 0 Å². The number of hydrogen-bond donors (Lipinski definition) is 3. The van der Waals surface area contributed by atoms with Gasteiger partial charge in [0.2, 0.25) is 5.95 Å². The molecule has 0 aromatic carbocycles. The van der Waals surface area contributed by atoms with Crippen molar-refractivity contribution in [2.75, 3.05) is 5.32 Å². The molecule has 0 saturated heterocycles. The van der Waals surface area contributed by atoms with E-state index in [9.17, 15) is 0 Å². The Labute approximate surface area is 63.7 Å². The van der Waals surface area contributed by atoms with E-state index in [1.165, 1.54) is 0 Å². The van der Waals surface area contributed by atoms with E-state index in [4.69, 9.17) is 0 Å². The topological polar surface area (TPSA) is 56.5 Å². The van der Waals surface area contributed by atoms with Crippen molar-refractivity contribution >= 4 is 11.8 Å². The molecule has 2 rings (SSSR count). The van der Waals surface area contributed by atoms with E-state index in [0.717, 1.165) is 11.8 Å². The summed E-state index contributed by atoms with van der Waals surface area (Å²) in [5.74, 6) is 1.67. The van der Waals surface area contributed by atoms with Crippen LogP contribution in [0.25, 0.3) is 0 Å². The standard InChI is InChI=1S/C7H8N4/c1-2-6(8-3-1)11-7-9-4-5-10-7/h1-5,8H,(H2,9,10,11). The van der Waals surface area contributed by atoms with Gasteiger partial charge in [-0.1, -0.05) is 0 Å². The van der Waals surface area contributed by atoms with Crippen molar-refractivity contribution in [3.8, 4) is 0 Å². The Morgan fingerprint density at radius 2 is 2.27 bits per heavy atom. The van der Waals surface area contributed by atoms with Gasteiger partial charge in [0.15, 0.2) is 0 Å². The van der Waals surface area contributed by atoms with Gasteiger partial charge in [-0.05, 0) is 12.1 Å². The van der Waals surface area contributed by atoms with Crippen LogP contribution in [0.4, 0.5) is 11.8 Å². The first-order valence-corrected chi connectivity index (χ1v) is 3.35. The molecular weight excluding hydrogens is 140 g/mol. The highest BCUT2D eigenvalue weighted by Gasteiger charge is 1.93. The molecule has 2 aromatic rings. The molecule has 0 bridgehead atoms. The third-order valence-corrected chi connectivity index (χ3v) is 1.35. The van der Waals surface area contributed by atoms with Crippen LogP contribution in [-0.4, -0.2) is 15.0 Å². The average Bonchev–Trinajstić information content (AvgIpc) is 2.60. The van der Waals surface area contributed by atoms with Crippen LogP contribution < -0.4 is 5.32 Å². The monoisotopic (exact) mass is 148 g/mol. The van der Waals surface area contributed by atoms with Gasteiger partial charge in [0.1, 0.15) is 5.82 Å². The minimum absolute atomic E-state index is 0.743. The number of nitrogens with one attached hydrogen (secondary N) is 3. The van der Waals surface area contributed by atoms with Gasteiger partial charge in [0.05, 0.1) is 0 Å². The summed E-state index contributed by atoms with van der Waals surface area (Å²) < 4.78 is 0. The zero-order chi connectivity index (χ0) is 7.52. The fourth-order valence-corrected chi connectivity index (χ4v) is 0.869. The van der Waals surface area contributed by atoms with Crippen LogP contribution in [0.5, 0.6) is 0 Å². The number of anilines is 2. The lowest BCUT2D eigenvalue weighted by Crippen LogP contribution is -1.91. The molecule has 0 radical (unpaired) electrons. The van der Waals surface area contributed by atoms with Gasteiger partial charge < -0.3 is 15.3 Å². The Bertz CT molecular complexity index is 263. The normalized spacial score (nSPS) is 9.82. The Morgan fingerprint density at radius 3 is 2.91 bits per heavy atom. The van der Waals surface area contributed by atoms with Crippen LogP contribution in [0.3, 0.4) is 0 Å². The van der Waals surface area contributed by atoms with Crippen LogP contribution >= 0.6 is 0 Å². The molecule has 0 amide bonds. The van der Waals surface area contributed by atoms with Gasteiger partial charge >= 0.3 is 0 Å². The summed E-state index contributed by atoms with van der Waals surface area (Å²) in [6, 6.07) is 3.85. The smallest absolute Gasteiger partial charge is 0.205 e. The van der Waals surface area contributed by atoms with Crippen LogP contribution in [0, 0.1) is 0 Å². The van der Waals surface area contributed by atoms with Gasteiger partial charge in [0.25, 0.3) is 0 Å². The summed E-state index contributed by atoms with van der Waals surface area (Å²) in [5.41, 5.74) is 0. The molecule has 56 valence electrons. The molecule has 0 atom stereocenters. The average molecular weight is 148 g/mol. The number of aromatic amines is 2. The number of nitrogens with zero attached hydrogens (tertiary/aromatic N) is 1. The van der Waals surface area contributed by atoms with E-state index in [-0.39, 0.29) is 0 Å². The second-order valence-electron chi connectivity index (χ2n) is 2.15. The summed E-state index contributed by atoms with van der Waals surface area (Å²) in [4.78, 5) is 9.94. The van der Waals surface area contributed by atoms with Crippen molar-refractivity contribution < 1.29 is 0 Å². The summed E-state index contributed by atoms with van der Waals surface area (Å²) >= 11 is 0. The van der Waals surface area contributed by atoms with Crippen LogP contribution in [0.1, 0.15) is 0 Å². The number of rotatable bonds is 2. The molecule has 0 aliphatic rings. The Kier molecular flexibility index (Phi) is 1.37. The first-order valence-electron chi connectivity index (χ1n) is 3.35. The van der Waals surface area contributed by atoms with Crippen molar-refractivity contribution in [1.82, 2.24) is 15.0 Å². The second kappa shape index (κ2) is 2.49. The third-order valence-electron chi connectivity index (χ3n) is 1.35. The Balaban J connectivity index is 2.14. The minimum atomic E-state index is 0.743. The largest absolute Gasteiger partial charge is 0.348 e.